The number of amides is 2. The van der Waals surface area contributed by atoms with Crippen molar-refractivity contribution < 1.29 is 24.1 Å². The van der Waals surface area contributed by atoms with Crippen molar-refractivity contribution in [2.24, 2.45) is 7.05 Å². The third-order valence-electron chi connectivity index (χ3n) is 6.09. The van der Waals surface area contributed by atoms with Crippen molar-refractivity contribution in [3.63, 3.8) is 0 Å². The first-order chi connectivity index (χ1) is 17.0. The number of carbonyl (C=O) groups is 2. The van der Waals surface area contributed by atoms with Crippen molar-refractivity contribution >= 4 is 17.5 Å². The zero-order valence-corrected chi connectivity index (χ0v) is 20.2. The van der Waals surface area contributed by atoms with E-state index in [9.17, 15) is 9.59 Å². The van der Waals surface area contributed by atoms with Crippen LogP contribution in [-0.4, -0.2) is 53.2 Å². The number of aliphatic hydroxyl groups excluding tert-OH is 1. The predicted octanol–water partition coefficient (Wildman–Crippen LogP) is 1.81. The number of aliphatic hydroxyl groups is 1. The molecule has 0 bridgehead atoms. The summed E-state index contributed by atoms with van der Waals surface area (Å²) >= 11 is 0. The number of ether oxygens (including phenoxy) is 1. The normalized spacial score (nSPS) is 12.3. The fraction of sp³-hybridized carbons (Fsp3) is 0.385. The Labute approximate surface area is 204 Å². The second kappa shape index (κ2) is 11.2. The fourth-order valence-corrected chi connectivity index (χ4v) is 4.38. The van der Waals surface area contributed by atoms with Crippen molar-refractivity contribution in [3.8, 4) is 22.5 Å². The van der Waals surface area contributed by atoms with Crippen LogP contribution in [0.4, 0.5) is 5.69 Å². The van der Waals surface area contributed by atoms with Gasteiger partial charge in [-0.1, -0.05) is 43.3 Å². The molecule has 4 rings (SSSR count). The molecular weight excluding hydrogens is 446 g/mol. The lowest BCUT2D eigenvalue weighted by atomic mass is 9.95. The number of benzene rings is 2. The smallest absolute Gasteiger partial charge is 0.259 e. The number of rotatable bonds is 9. The number of carbonyl (C=O) groups excluding carboxylic acids is 2. The Balaban J connectivity index is 1.78. The Morgan fingerprint density at radius 1 is 1.11 bits per heavy atom. The maximum Gasteiger partial charge on any atom is 0.259 e. The first-order valence-corrected chi connectivity index (χ1v) is 12.0. The van der Waals surface area contributed by atoms with Gasteiger partial charge in [0, 0.05) is 30.0 Å². The van der Waals surface area contributed by atoms with Gasteiger partial charge in [-0.2, -0.15) is 0 Å². The van der Waals surface area contributed by atoms with Crippen LogP contribution in [0.3, 0.4) is 0 Å². The summed E-state index contributed by atoms with van der Waals surface area (Å²) in [5.74, 6) is -0.129. The molecule has 0 radical (unpaired) electrons. The molecule has 0 spiro atoms. The summed E-state index contributed by atoms with van der Waals surface area (Å²) in [6, 6.07) is 15.8. The van der Waals surface area contributed by atoms with E-state index in [1.54, 1.807) is 16.6 Å². The Hall–Kier alpha value is -3.56. The van der Waals surface area contributed by atoms with Gasteiger partial charge >= 0.3 is 0 Å². The molecule has 0 unspecified atom stereocenters. The third-order valence-corrected chi connectivity index (χ3v) is 6.09. The average molecular weight is 479 g/mol. The molecule has 1 aromatic heterocycles. The number of hydrogen-bond donors (Lipinski definition) is 2. The van der Waals surface area contributed by atoms with Gasteiger partial charge in [-0.05, 0) is 22.5 Å². The van der Waals surface area contributed by atoms with Gasteiger partial charge in [0.25, 0.3) is 5.69 Å². The Morgan fingerprint density at radius 2 is 1.86 bits per heavy atom. The highest BCUT2D eigenvalue weighted by molar-refractivity contribution is 6.00. The first-order valence-electron chi connectivity index (χ1n) is 12.0. The molecule has 0 saturated carbocycles. The maximum absolute atomic E-state index is 13.4. The fourth-order valence-electron chi connectivity index (χ4n) is 4.38. The zero-order chi connectivity index (χ0) is 24.8. The maximum atomic E-state index is 13.4. The second-order valence-electron chi connectivity index (χ2n) is 8.35. The van der Waals surface area contributed by atoms with Crippen LogP contribution in [0.15, 0.2) is 48.5 Å². The van der Waals surface area contributed by atoms with Crippen LogP contribution >= 0.6 is 0 Å². The Morgan fingerprint density at radius 3 is 2.63 bits per heavy atom. The van der Waals surface area contributed by atoms with Crippen molar-refractivity contribution in [1.29, 1.82) is 0 Å². The average Bonchev–Trinajstić information content (AvgIpc) is 3.19. The summed E-state index contributed by atoms with van der Waals surface area (Å²) in [7, 11) is 1.89. The zero-order valence-electron chi connectivity index (χ0n) is 20.2. The lowest BCUT2D eigenvalue weighted by Gasteiger charge is -2.27. The summed E-state index contributed by atoms with van der Waals surface area (Å²) in [4.78, 5) is 28.6. The van der Waals surface area contributed by atoms with Crippen LogP contribution in [0.5, 0.6) is 0 Å². The lowest BCUT2D eigenvalue weighted by Crippen LogP contribution is -2.46. The number of nitrogens with one attached hydrogen (secondary N) is 1. The first kappa shape index (κ1) is 24.6. The topological polar surface area (TPSA) is 101 Å². The van der Waals surface area contributed by atoms with Crippen molar-refractivity contribution in [2.75, 3.05) is 31.3 Å². The van der Waals surface area contributed by atoms with E-state index in [1.165, 1.54) is 0 Å². The van der Waals surface area contributed by atoms with Gasteiger partial charge in [-0.3, -0.25) is 9.59 Å². The summed E-state index contributed by atoms with van der Waals surface area (Å²) in [5, 5.41) is 16.7. The lowest BCUT2D eigenvalue weighted by molar-refractivity contribution is -0.769. The van der Waals surface area contributed by atoms with Gasteiger partial charge in [0.05, 0.1) is 44.7 Å². The minimum Gasteiger partial charge on any atom is -0.394 e. The third kappa shape index (κ3) is 5.26. The van der Waals surface area contributed by atoms with Gasteiger partial charge in [0.1, 0.15) is 6.54 Å². The summed E-state index contributed by atoms with van der Waals surface area (Å²) in [6.45, 7) is 3.77. The second-order valence-corrected chi connectivity index (χ2v) is 8.35. The monoisotopic (exact) mass is 478 g/mol. The summed E-state index contributed by atoms with van der Waals surface area (Å²) in [6.07, 6.45) is 0.598. The van der Waals surface area contributed by atoms with Gasteiger partial charge in [-0.15, -0.1) is 4.68 Å². The highest BCUT2D eigenvalue weighted by Gasteiger charge is 2.34. The number of para-hydroxylation sites is 1. The minimum absolute atomic E-state index is 0.0175. The molecule has 3 aromatic rings. The van der Waals surface area contributed by atoms with E-state index >= 15 is 0 Å². The van der Waals surface area contributed by atoms with Gasteiger partial charge in [0.15, 0.2) is 0 Å². The predicted molar refractivity (Wildman–Crippen MR) is 131 cm³/mol. The minimum atomic E-state index is -0.0677. The van der Waals surface area contributed by atoms with Crippen LogP contribution in [0, 0.1) is 0 Å². The Kier molecular flexibility index (Phi) is 7.89. The molecule has 35 heavy (non-hydrogen) atoms. The molecule has 0 fully saturated rings. The molecule has 2 amide bonds. The number of hydrogen-bond acceptors (Lipinski definition) is 5. The van der Waals surface area contributed by atoms with Crippen molar-refractivity contribution in [1.82, 2.24) is 15.2 Å². The van der Waals surface area contributed by atoms with Crippen LogP contribution in [-0.2, 0) is 34.5 Å². The molecule has 0 atom stereocenters. The van der Waals surface area contributed by atoms with E-state index < -0.39 is 0 Å². The summed E-state index contributed by atoms with van der Waals surface area (Å²) < 4.78 is 7.60. The number of aromatic nitrogens is 3. The number of aryl methyl sites for hydroxylation is 1. The van der Waals surface area contributed by atoms with E-state index in [4.69, 9.17) is 14.9 Å². The molecule has 1 aliphatic rings. The van der Waals surface area contributed by atoms with E-state index in [1.807, 2.05) is 49.5 Å². The molecular formula is C26H32N5O4+. The number of fused-ring (bicyclic) bond motifs is 5. The summed E-state index contributed by atoms with van der Waals surface area (Å²) in [5.41, 5.74) is 5.42. The van der Waals surface area contributed by atoms with E-state index in [2.05, 4.69) is 16.1 Å². The SMILES string of the molecule is CCC(=O)NCCC(=O)N1Cc2ccccc2-c2c(nn(C)[n+]2CCOCCO)-c2ccccc21. The number of nitrogens with zero attached hydrogens (tertiary/aromatic N) is 4. The van der Waals surface area contributed by atoms with E-state index in [-0.39, 0.29) is 31.4 Å². The molecule has 2 N–H and O–H groups in total. The van der Waals surface area contributed by atoms with Crippen molar-refractivity contribution in [3.05, 3.63) is 54.1 Å². The molecule has 2 aromatic carbocycles. The van der Waals surface area contributed by atoms with Crippen LogP contribution in [0.2, 0.25) is 0 Å². The van der Waals surface area contributed by atoms with Gasteiger partial charge in [0.2, 0.25) is 17.5 Å². The molecule has 9 heteroatoms. The highest BCUT2D eigenvalue weighted by atomic mass is 16.5. The largest absolute Gasteiger partial charge is 0.394 e. The van der Waals surface area contributed by atoms with Gasteiger partial charge < -0.3 is 20.1 Å². The standard InChI is InChI=1S/C26H31N5O4/c1-3-23(33)27-13-12-24(34)30-18-19-8-4-5-9-20(19)26-25(21-10-6-7-11-22(21)30)28-29(2)31(26)14-16-35-17-15-32/h4-11,32H,3,12-18H2,1-2H3/p+1. The van der Waals surface area contributed by atoms with E-state index in [0.29, 0.717) is 32.7 Å². The molecule has 1 aliphatic heterocycles. The van der Waals surface area contributed by atoms with Gasteiger partial charge in [-0.25, -0.2) is 0 Å². The van der Waals surface area contributed by atoms with Crippen LogP contribution in [0.25, 0.3) is 22.5 Å². The van der Waals surface area contributed by atoms with Crippen LogP contribution in [0.1, 0.15) is 25.3 Å². The van der Waals surface area contributed by atoms with E-state index in [0.717, 1.165) is 33.8 Å². The van der Waals surface area contributed by atoms with Crippen molar-refractivity contribution in [2.45, 2.75) is 32.9 Å². The molecule has 9 nitrogen and oxygen atoms in total. The Bertz CT molecular complexity index is 1210. The molecule has 0 saturated heterocycles. The number of anilines is 1. The van der Waals surface area contributed by atoms with Crippen LogP contribution < -0.4 is 14.9 Å². The molecule has 2 heterocycles. The quantitative estimate of drug-likeness (QED) is 0.361. The molecule has 184 valence electrons. The highest BCUT2D eigenvalue weighted by Crippen LogP contribution is 2.39. The molecule has 0 aliphatic carbocycles.